The van der Waals surface area contributed by atoms with Crippen LogP contribution in [-0.4, -0.2) is 41.3 Å². The van der Waals surface area contributed by atoms with E-state index < -0.39 is 0 Å². The second kappa shape index (κ2) is 5.11. The van der Waals surface area contributed by atoms with Gasteiger partial charge in [0.1, 0.15) is 16.5 Å². The van der Waals surface area contributed by atoms with Crippen molar-refractivity contribution in [3.05, 3.63) is 23.8 Å². The van der Waals surface area contributed by atoms with E-state index in [1.807, 2.05) is 6.20 Å². The van der Waals surface area contributed by atoms with E-state index in [9.17, 15) is 0 Å². The normalized spacial score (nSPS) is 18.9. The molecule has 0 unspecified atom stereocenters. The second-order valence-electron chi connectivity index (χ2n) is 6.33. The quantitative estimate of drug-likeness (QED) is 0.723. The Kier molecular flexibility index (Phi) is 3.03. The lowest BCUT2D eigenvalue weighted by Gasteiger charge is -2.28. The molecule has 3 aromatic rings. The van der Waals surface area contributed by atoms with Gasteiger partial charge < -0.3 is 9.64 Å². The van der Waals surface area contributed by atoms with Gasteiger partial charge in [0.2, 0.25) is 0 Å². The number of nitrogens with zero attached hydrogens (tertiary/aromatic N) is 4. The highest BCUT2D eigenvalue weighted by Gasteiger charge is 2.28. The van der Waals surface area contributed by atoms with E-state index >= 15 is 0 Å². The van der Waals surface area contributed by atoms with Gasteiger partial charge in [-0.15, -0.1) is 11.3 Å². The summed E-state index contributed by atoms with van der Waals surface area (Å²) in [5, 5.41) is 2.44. The summed E-state index contributed by atoms with van der Waals surface area (Å²) < 4.78 is 6.70. The maximum Gasteiger partial charge on any atom is 0.146 e. The summed E-state index contributed by atoms with van der Waals surface area (Å²) >= 11 is 1.76. The Balaban J connectivity index is 1.73. The number of aromatic nitrogens is 3. The van der Waals surface area contributed by atoms with Gasteiger partial charge in [0, 0.05) is 36.0 Å². The summed E-state index contributed by atoms with van der Waals surface area (Å²) in [7, 11) is 0. The zero-order valence-electron chi connectivity index (χ0n) is 13.1. The highest BCUT2D eigenvalue weighted by molar-refractivity contribution is 7.26. The van der Waals surface area contributed by atoms with Crippen LogP contribution in [0.15, 0.2) is 12.3 Å². The number of ether oxygens (including phenoxy) is 1. The Morgan fingerprint density at radius 1 is 1.22 bits per heavy atom. The number of fused-ring (bicyclic) bond motifs is 3. The number of thiophene rings is 1. The number of aryl methyl sites for hydroxylation is 1. The first-order chi connectivity index (χ1) is 11.3. The molecule has 2 aliphatic rings. The van der Waals surface area contributed by atoms with Crippen LogP contribution in [-0.2, 0) is 4.74 Å². The molecule has 0 N–H and O–H groups in total. The molecule has 5 nitrogen and oxygen atoms in total. The van der Waals surface area contributed by atoms with Crippen molar-refractivity contribution in [3.63, 3.8) is 0 Å². The van der Waals surface area contributed by atoms with E-state index in [4.69, 9.17) is 14.7 Å². The molecule has 0 amide bonds. The molecule has 2 fully saturated rings. The van der Waals surface area contributed by atoms with Crippen LogP contribution in [0.3, 0.4) is 0 Å². The highest BCUT2D eigenvalue weighted by atomic mass is 32.1. The van der Waals surface area contributed by atoms with E-state index in [0.717, 1.165) is 48.5 Å². The molecular formula is C17H18N4OS. The van der Waals surface area contributed by atoms with Crippen LogP contribution in [0.25, 0.3) is 20.3 Å². The fraction of sp³-hybridized carbons (Fsp3) is 0.471. The molecule has 1 aliphatic carbocycles. The molecule has 4 heterocycles. The molecule has 0 bridgehead atoms. The van der Waals surface area contributed by atoms with Crippen LogP contribution in [0.2, 0.25) is 0 Å². The molecule has 0 spiro atoms. The van der Waals surface area contributed by atoms with Crippen molar-refractivity contribution in [1.29, 1.82) is 0 Å². The van der Waals surface area contributed by atoms with Crippen LogP contribution >= 0.6 is 11.3 Å². The van der Waals surface area contributed by atoms with Gasteiger partial charge in [-0.25, -0.2) is 15.0 Å². The fourth-order valence-corrected chi connectivity index (χ4v) is 4.55. The van der Waals surface area contributed by atoms with E-state index in [-0.39, 0.29) is 0 Å². The summed E-state index contributed by atoms with van der Waals surface area (Å²) in [6.45, 7) is 5.45. The lowest BCUT2D eigenvalue weighted by atomic mass is 10.2. The molecule has 1 saturated heterocycles. The Hall–Kier alpha value is -1.79. The predicted molar refractivity (Wildman–Crippen MR) is 92.5 cm³/mol. The van der Waals surface area contributed by atoms with Crippen LogP contribution in [0.5, 0.6) is 0 Å². The smallest absolute Gasteiger partial charge is 0.146 e. The maximum atomic E-state index is 5.47. The molecule has 5 rings (SSSR count). The third kappa shape index (κ3) is 2.20. The third-order valence-corrected chi connectivity index (χ3v) is 5.78. The first-order valence-corrected chi connectivity index (χ1v) is 9.01. The zero-order chi connectivity index (χ0) is 15.4. The second-order valence-corrected chi connectivity index (χ2v) is 7.33. The van der Waals surface area contributed by atoms with Gasteiger partial charge in [0.25, 0.3) is 0 Å². The first kappa shape index (κ1) is 13.6. The van der Waals surface area contributed by atoms with Crippen LogP contribution in [0.1, 0.15) is 30.3 Å². The minimum absolute atomic E-state index is 0.583. The van der Waals surface area contributed by atoms with Gasteiger partial charge in [-0.3, -0.25) is 0 Å². The Labute approximate surface area is 138 Å². The number of pyridine rings is 1. The van der Waals surface area contributed by atoms with Gasteiger partial charge in [-0.05, 0) is 25.8 Å². The minimum atomic E-state index is 0.583. The van der Waals surface area contributed by atoms with Crippen LogP contribution in [0.4, 0.5) is 5.82 Å². The topological polar surface area (TPSA) is 51.1 Å². The molecule has 0 aromatic carbocycles. The third-order valence-electron chi connectivity index (χ3n) is 4.68. The van der Waals surface area contributed by atoms with E-state index in [0.29, 0.717) is 5.92 Å². The number of morpholine rings is 1. The van der Waals surface area contributed by atoms with Crippen molar-refractivity contribution >= 4 is 37.5 Å². The summed E-state index contributed by atoms with van der Waals surface area (Å²) in [6, 6.07) is 2.10. The average Bonchev–Trinajstić information content (AvgIpc) is 3.35. The molecular weight excluding hydrogens is 308 g/mol. The van der Waals surface area contributed by atoms with Crippen molar-refractivity contribution in [2.24, 2.45) is 0 Å². The number of hydrogen-bond donors (Lipinski definition) is 0. The predicted octanol–water partition coefficient (Wildman–Crippen LogP) is 3.26. The van der Waals surface area contributed by atoms with E-state index in [1.54, 1.807) is 11.3 Å². The van der Waals surface area contributed by atoms with Crippen molar-refractivity contribution in [2.75, 3.05) is 31.2 Å². The van der Waals surface area contributed by atoms with Crippen molar-refractivity contribution in [1.82, 2.24) is 15.0 Å². The number of anilines is 1. The van der Waals surface area contributed by atoms with Gasteiger partial charge in [0.15, 0.2) is 0 Å². The fourth-order valence-electron chi connectivity index (χ4n) is 3.31. The molecule has 6 heteroatoms. The molecule has 1 aliphatic heterocycles. The number of hydrogen-bond acceptors (Lipinski definition) is 6. The SMILES string of the molecule is Cc1nc(C2CC2)nc2sc3c(N4CCOCC4)nccc3c12. The van der Waals surface area contributed by atoms with Crippen LogP contribution in [0, 0.1) is 6.92 Å². The monoisotopic (exact) mass is 326 g/mol. The van der Waals surface area contributed by atoms with Crippen LogP contribution < -0.4 is 4.90 Å². The molecule has 118 valence electrons. The summed E-state index contributed by atoms with van der Waals surface area (Å²) in [5.41, 5.74) is 1.10. The molecule has 23 heavy (non-hydrogen) atoms. The van der Waals surface area contributed by atoms with Crippen molar-refractivity contribution in [2.45, 2.75) is 25.7 Å². The van der Waals surface area contributed by atoms with Crippen molar-refractivity contribution < 1.29 is 4.74 Å². The minimum Gasteiger partial charge on any atom is -0.378 e. The standard InChI is InChI=1S/C17H18N4OS/c1-10-13-12-4-5-18-16(21-6-8-22-9-7-21)14(12)23-17(13)20-15(19-10)11-2-3-11/h4-5,11H,2-3,6-9H2,1H3. The van der Waals surface area contributed by atoms with Gasteiger partial charge in [-0.1, -0.05) is 0 Å². The Bertz CT molecular complexity index is 896. The van der Waals surface area contributed by atoms with Gasteiger partial charge >= 0.3 is 0 Å². The molecule has 1 saturated carbocycles. The lowest BCUT2D eigenvalue weighted by Crippen LogP contribution is -2.36. The maximum absolute atomic E-state index is 5.47. The van der Waals surface area contributed by atoms with Gasteiger partial charge in [-0.2, -0.15) is 0 Å². The molecule has 0 atom stereocenters. The first-order valence-electron chi connectivity index (χ1n) is 8.20. The molecule has 3 aromatic heterocycles. The Morgan fingerprint density at radius 3 is 2.83 bits per heavy atom. The van der Waals surface area contributed by atoms with Gasteiger partial charge in [0.05, 0.1) is 23.6 Å². The molecule has 0 radical (unpaired) electrons. The van der Waals surface area contributed by atoms with E-state index in [1.165, 1.54) is 28.3 Å². The summed E-state index contributed by atoms with van der Waals surface area (Å²) in [6.07, 6.45) is 4.38. The Morgan fingerprint density at radius 2 is 2.04 bits per heavy atom. The largest absolute Gasteiger partial charge is 0.378 e. The number of rotatable bonds is 2. The summed E-state index contributed by atoms with van der Waals surface area (Å²) in [4.78, 5) is 17.7. The highest BCUT2D eigenvalue weighted by Crippen LogP contribution is 2.42. The average molecular weight is 326 g/mol. The van der Waals surface area contributed by atoms with Crippen molar-refractivity contribution in [3.8, 4) is 0 Å². The van der Waals surface area contributed by atoms with E-state index in [2.05, 4.69) is 22.9 Å². The summed E-state index contributed by atoms with van der Waals surface area (Å²) in [5.74, 6) is 2.68. The zero-order valence-corrected chi connectivity index (χ0v) is 13.9. The lowest BCUT2D eigenvalue weighted by molar-refractivity contribution is 0.122.